The minimum Gasteiger partial charge on any atom is -0.380 e. The molecule has 0 aliphatic carbocycles. The average Bonchev–Trinajstić information content (AvgIpc) is 2.26. The lowest BCUT2D eigenvalue weighted by atomic mass is 10.1. The SMILES string of the molecule is COCc1ccccc1C(=O)NCC(C)(C)N. The van der Waals surface area contributed by atoms with Gasteiger partial charge in [0.2, 0.25) is 0 Å². The van der Waals surface area contributed by atoms with E-state index in [0.29, 0.717) is 18.7 Å². The third-order valence-electron chi connectivity index (χ3n) is 2.27. The van der Waals surface area contributed by atoms with Gasteiger partial charge in [0.15, 0.2) is 0 Å². The minimum atomic E-state index is -0.411. The number of nitrogens with one attached hydrogen (secondary N) is 1. The van der Waals surface area contributed by atoms with E-state index >= 15 is 0 Å². The molecule has 1 rings (SSSR count). The van der Waals surface area contributed by atoms with Crippen LogP contribution in [0, 0.1) is 0 Å². The average molecular weight is 236 g/mol. The van der Waals surface area contributed by atoms with Gasteiger partial charge >= 0.3 is 0 Å². The van der Waals surface area contributed by atoms with Crippen molar-refractivity contribution >= 4 is 5.91 Å². The van der Waals surface area contributed by atoms with Crippen molar-refractivity contribution in [3.63, 3.8) is 0 Å². The van der Waals surface area contributed by atoms with Gasteiger partial charge in [-0.05, 0) is 25.5 Å². The van der Waals surface area contributed by atoms with E-state index in [4.69, 9.17) is 10.5 Å². The highest BCUT2D eigenvalue weighted by atomic mass is 16.5. The summed E-state index contributed by atoms with van der Waals surface area (Å²) in [7, 11) is 1.61. The van der Waals surface area contributed by atoms with E-state index in [9.17, 15) is 4.79 Å². The molecular formula is C13H20N2O2. The fourth-order valence-electron chi connectivity index (χ4n) is 1.43. The monoisotopic (exact) mass is 236 g/mol. The molecule has 0 aliphatic heterocycles. The zero-order valence-electron chi connectivity index (χ0n) is 10.6. The summed E-state index contributed by atoms with van der Waals surface area (Å²) in [5, 5.41) is 2.82. The normalized spacial score (nSPS) is 11.3. The predicted molar refractivity (Wildman–Crippen MR) is 67.8 cm³/mol. The van der Waals surface area contributed by atoms with Crippen LogP contribution in [0.3, 0.4) is 0 Å². The van der Waals surface area contributed by atoms with Crippen molar-refractivity contribution in [2.45, 2.75) is 26.0 Å². The molecule has 1 aromatic rings. The summed E-state index contributed by atoms with van der Waals surface area (Å²) in [4.78, 5) is 12.0. The maximum absolute atomic E-state index is 12.0. The number of carbonyl (C=O) groups is 1. The Labute approximate surface area is 102 Å². The molecule has 0 radical (unpaired) electrons. The largest absolute Gasteiger partial charge is 0.380 e. The zero-order chi connectivity index (χ0) is 12.9. The molecule has 0 saturated heterocycles. The van der Waals surface area contributed by atoms with Crippen LogP contribution in [0.1, 0.15) is 29.8 Å². The number of hydrogen-bond donors (Lipinski definition) is 2. The molecule has 0 heterocycles. The van der Waals surface area contributed by atoms with Crippen molar-refractivity contribution in [1.29, 1.82) is 0 Å². The van der Waals surface area contributed by atoms with Crippen LogP contribution in [-0.4, -0.2) is 25.1 Å². The Morgan fingerprint density at radius 3 is 2.65 bits per heavy atom. The number of carbonyl (C=O) groups excluding carboxylic acids is 1. The fraction of sp³-hybridized carbons (Fsp3) is 0.462. The zero-order valence-corrected chi connectivity index (χ0v) is 10.6. The standard InChI is InChI=1S/C13H20N2O2/c1-13(2,14)9-15-12(16)11-7-5-4-6-10(11)8-17-3/h4-7H,8-9,14H2,1-3H3,(H,15,16). The third kappa shape index (κ3) is 4.54. The van der Waals surface area contributed by atoms with Crippen LogP contribution >= 0.6 is 0 Å². The number of benzene rings is 1. The lowest BCUT2D eigenvalue weighted by molar-refractivity contribution is 0.0941. The van der Waals surface area contributed by atoms with Gasteiger partial charge in [0.1, 0.15) is 0 Å². The maximum atomic E-state index is 12.0. The number of nitrogens with two attached hydrogens (primary N) is 1. The first-order valence-electron chi connectivity index (χ1n) is 5.58. The van der Waals surface area contributed by atoms with Crippen LogP contribution in [0.4, 0.5) is 0 Å². The highest BCUT2D eigenvalue weighted by Gasteiger charge is 2.15. The second kappa shape index (κ2) is 5.80. The van der Waals surface area contributed by atoms with Crippen molar-refractivity contribution < 1.29 is 9.53 Å². The Kier molecular flexibility index (Phi) is 4.66. The summed E-state index contributed by atoms with van der Waals surface area (Å²) in [6.45, 7) is 4.60. The van der Waals surface area contributed by atoms with Crippen molar-refractivity contribution in [3.8, 4) is 0 Å². The van der Waals surface area contributed by atoms with Crippen molar-refractivity contribution in [3.05, 3.63) is 35.4 Å². The highest BCUT2D eigenvalue weighted by Crippen LogP contribution is 2.10. The second-order valence-electron chi connectivity index (χ2n) is 4.76. The van der Waals surface area contributed by atoms with E-state index in [1.54, 1.807) is 13.2 Å². The van der Waals surface area contributed by atoms with Gasteiger partial charge in [-0.3, -0.25) is 4.79 Å². The quantitative estimate of drug-likeness (QED) is 0.810. The van der Waals surface area contributed by atoms with Gasteiger partial charge < -0.3 is 15.8 Å². The molecule has 4 heteroatoms. The first kappa shape index (κ1) is 13.7. The Bertz CT molecular complexity index is 383. The van der Waals surface area contributed by atoms with Crippen LogP contribution in [0.15, 0.2) is 24.3 Å². The third-order valence-corrected chi connectivity index (χ3v) is 2.27. The number of methoxy groups -OCH3 is 1. The lowest BCUT2D eigenvalue weighted by Gasteiger charge is -2.19. The molecule has 3 N–H and O–H groups in total. The van der Waals surface area contributed by atoms with E-state index in [2.05, 4.69) is 5.32 Å². The van der Waals surface area contributed by atoms with Crippen molar-refractivity contribution in [2.24, 2.45) is 5.73 Å². The predicted octanol–water partition coefficient (Wildman–Crippen LogP) is 1.30. The van der Waals surface area contributed by atoms with Crippen LogP contribution < -0.4 is 11.1 Å². The van der Waals surface area contributed by atoms with Gasteiger partial charge in [-0.2, -0.15) is 0 Å². The van der Waals surface area contributed by atoms with Crippen LogP contribution in [0.25, 0.3) is 0 Å². The molecule has 94 valence electrons. The van der Waals surface area contributed by atoms with E-state index in [-0.39, 0.29) is 5.91 Å². The Morgan fingerprint density at radius 2 is 2.06 bits per heavy atom. The lowest BCUT2D eigenvalue weighted by Crippen LogP contribution is -2.45. The van der Waals surface area contributed by atoms with Gasteiger partial charge in [0.25, 0.3) is 5.91 Å². The summed E-state index contributed by atoms with van der Waals surface area (Å²) in [5.41, 5.74) is 6.92. The van der Waals surface area contributed by atoms with E-state index in [1.165, 1.54) is 0 Å². The Balaban J connectivity index is 2.74. The molecule has 0 atom stereocenters. The Hall–Kier alpha value is -1.39. The summed E-state index contributed by atoms with van der Waals surface area (Å²) >= 11 is 0. The second-order valence-corrected chi connectivity index (χ2v) is 4.76. The summed E-state index contributed by atoms with van der Waals surface area (Å²) < 4.78 is 5.06. The van der Waals surface area contributed by atoms with E-state index < -0.39 is 5.54 Å². The molecule has 0 fully saturated rings. The van der Waals surface area contributed by atoms with Crippen LogP contribution in [-0.2, 0) is 11.3 Å². The van der Waals surface area contributed by atoms with Gasteiger partial charge in [-0.15, -0.1) is 0 Å². The molecule has 0 unspecified atom stereocenters. The fourth-order valence-corrected chi connectivity index (χ4v) is 1.43. The molecule has 1 amide bonds. The van der Waals surface area contributed by atoms with Crippen molar-refractivity contribution in [1.82, 2.24) is 5.32 Å². The summed E-state index contributed by atoms with van der Waals surface area (Å²) in [6, 6.07) is 7.39. The Morgan fingerprint density at radius 1 is 1.41 bits per heavy atom. The molecule has 0 bridgehead atoms. The number of amides is 1. The van der Waals surface area contributed by atoms with Gasteiger partial charge in [-0.25, -0.2) is 0 Å². The van der Waals surface area contributed by atoms with Gasteiger partial charge in [0.05, 0.1) is 6.61 Å². The molecule has 1 aromatic carbocycles. The smallest absolute Gasteiger partial charge is 0.251 e. The number of hydrogen-bond acceptors (Lipinski definition) is 3. The summed E-state index contributed by atoms with van der Waals surface area (Å²) in [5.74, 6) is -0.115. The first-order valence-corrected chi connectivity index (χ1v) is 5.58. The number of rotatable bonds is 5. The summed E-state index contributed by atoms with van der Waals surface area (Å²) in [6.07, 6.45) is 0. The molecular weight excluding hydrogens is 216 g/mol. The maximum Gasteiger partial charge on any atom is 0.251 e. The van der Waals surface area contributed by atoms with Crippen LogP contribution in [0.5, 0.6) is 0 Å². The number of ether oxygens (including phenoxy) is 1. The van der Waals surface area contributed by atoms with E-state index in [1.807, 2.05) is 32.0 Å². The highest BCUT2D eigenvalue weighted by molar-refractivity contribution is 5.95. The molecule has 0 aliphatic rings. The molecule has 0 spiro atoms. The minimum absolute atomic E-state index is 0.115. The van der Waals surface area contributed by atoms with Gasteiger partial charge in [0, 0.05) is 24.8 Å². The first-order chi connectivity index (χ1) is 7.94. The van der Waals surface area contributed by atoms with Crippen molar-refractivity contribution in [2.75, 3.05) is 13.7 Å². The molecule has 0 aromatic heterocycles. The molecule has 0 saturated carbocycles. The molecule has 17 heavy (non-hydrogen) atoms. The topological polar surface area (TPSA) is 64.3 Å². The van der Waals surface area contributed by atoms with Crippen LogP contribution in [0.2, 0.25) is 0 Å². The van der Waals surface area contributed by atoms with Gasteiger partial charge in [-0.1, -0.05) is 18.2 Å². The van der Waals surface area contributed by atoms with E-state index in [0.717, 1.165) is 5.56 Å². The molecule has 4 nitrogen and oxygen atoms in total.